The Bertz CT molecular complexity index is 982. The predicted molar refractivity (Wildman–Crippen MR) is 126 cm³/mol. The van der Waals surface area contributed by atoms with Gasteiger partial charge in [-0.05, 0) is 36.6 Å². The number of aromatic nitrogens is 1. The van der Waals surface area contributed by atoms with Gasteiger partial charge >= 0.3 is 0 Å². The lowest BCUT2D eigenvalue weighted by molar-refractivity contribution is -0.130. The highest BCUT2D eigenvalue weighted by atomic mass is 16.3. The number of nitrogens with one attached hydrogen (secondary N) is 3. The highest BCUT2D eigenvalue weighted by Crippen LogP contribution is 2.32. The molecule has 1 aromatic carbocycles. The van der Waals surface area contributed by atoms with Crippen molar-refractivity contribution < 1.29 is 19.5 Å². The van der Waals surface area contributed by atoms with Crippen LogP contribution in [-0.2, 0) is 20.8 Å². The van der Waals surface area contributed by atoms with Crippen molar-refractivity contribution in [2.45, 2.75) is 45.3 Å². The quantitative estimate of drug-likeness (QED) is 0.451. The van der Waals surface area contributed by atoms with Crippen LogP contribution in [0.3, 0.4) is 0 Å². The van der Waals surface area contributed by atoms with Crippen molar-refractivity contribution in [1.82, 2.24) is 15.6 Å². The highest BCUT2D eigenvalue weighted by Gasteiger charge is 2.43. The van der Waals surface area contributed by atoms with E-state index >= 15 is 0 Å². The second-order valence-electron chi connectivity index (χ2n) is 8.40. The first kappa shape index (κ1) is 24.3. The standard InChI is InChI=1S/C24H31N5O4/c1-15(2)20(28-22(31)16(3)25-12-13-30)24(33)29-19(14-17-8-7-11-26-21(17)29)23(32)27-18-9-5-4-6-10-18/h4-11,15-16,19-20,25,30H,12-14H2,1-3H3,(H,27,32)(H,28,31)/t16-,19-,20-/m0/s1. The number of aliphatic hydroxyl groups excluding tert-OH is 1. The number of aliphatic hydroxyl groups is 1. The third-order valence-corrected chi connectivity index (χ3v) is 5.59. The Morgan fingerprint density at radius 2 is 1.85 bits per heavy atom. The number of carbonyl (C=O) groups is 3. The molecule has 9 nitrogen and oxygen atoms in total. The minimum Gasteiger partial charge on any atom is -0.395 e. The van der Waals surface area contributed by atoms with E-state index in [2.05, 4.69) is 20.9 Å². The van der Waals surface area contributed by atoms with Gasteiger partial charge in [0.05, 0.1) is 12.6 Å². The zero-order chi connectivity index (χ0) is 24.0. The summed E-state index contributed by atoms with van der Waals surface area (Å²) in [6.45, 7) is 5.50. The van der Waals surface area contributed by atoms with Crippen LogP contribution in [0.4, 0.5) is 11.5 Å². The molecule has 3 amide bonds. The summed E-state index contributed by atoms with van der Waals surface area (Å²) in [6, 6.07) is 10.4. The van der Waals surface area contributed by atoms with Gasteiger partial charge in [0.15, 0.2) is 0 Å². The lowest BCUT2D eigenvalue weighted by Gasteiger charge is -2.31. The highest BCUT2D eigenvalue weighted by molar-refractivity contribution is 6.09. The molecule has 0 spiro atoms. The van der Waals surface area contributed by atoms with Crippen LogP contribution in [0.5, 0.6) is 0 Å². The zero-order valence-electron chi connectivity index (χ0n) is 19.1. The number of benzene rings is 1. The van der Waals surface area contributed by atoms with E-state index < -0.39 is 24.0 Å². The molecule has 0 unspecified atom stereocenters. The second kappa shape index (κ2) is 11.0. The van der Waals surface area contributed by atoms with E-state index in [1.165, 1.54) is 4.90 Å². The summed E-state index contributed by atoms with van der Waals surface area (Å²) in [7, 11) is 0. The molecular formula is C24H31N5O4. The smallest absolute Gasteiger partial charge is 0.251 e. The fourth-order valence-corrected chi connectivity index (χ4v) is 3.78. The van der Waals surface area contributed by atoms with E-state index in [-0.39, 0.29) is 30.9 Å². The van der Waals surface area contributed by atoms with Crippen molar-refractivity contribution in [2.75, 3.05) is 23.4 Å². The number of anilines is 2. The number of pyridine rings is 1. The third-order valence-electron chi connectivity index (χ3n) is 5.59. The largest absolute Gasteiger partial charge is 0.395 e. The van der Waals surface area contributed by atoms with E-state index in [1.54, 1.807) is 31.3 Å². The summed E-state index contributed by atoms with van der Waals surface area (Å²) >= 11 is 0. The Labute approximate surface area is 193 Å². The number of hydrogen-bond donors (Lipinski definition) is 4. The van der Waals surface area contributed by atoms with Gasteiger partial charge in [0, 0.05) is 24.8 Å². The monoisotopic (exact) mass is 453 g/mol. The van der Waals surface area contributed by atoms with Gasteiger partial charge in [-0.15, -0.1) is 0 Å². The van der Waals surface area contributed by atoms with Gasteiger partial charge in [0.2, 0.25) is 11.8 Å². The number of hydrogen-bond acceptors (Lipinski definition) is 6. The van der Waals surface area contributed by atoms with Crippen LogP contribution >= 0.6 is 0 Å². The maximum atomic E-state index is 13.7. The number of fused-ring (bicyclic) bond motifs is 1. The number of para-hydroxylation sites is 1. The van der Waals surface area contributed by atoms with Crippen LogP contribution in [0.1, 0.15) is 26.3 Å². The molecule has 4 N–H and O–H groups in total. The predicted octanol–water partition coefficient (Wildman–Crippen LogP) is 1.09. The van der Waals surface area contributed by atoms with Crippen molar-refractivity contribution in [3.8, 4) is 0 Å². The fraction of sp³-hybridized carbons (Fsp3) is 0.417. The number of carbonyl (C=O) groups excluding carboxylic acids is 3. The summed E-state index contributed by atoms with van der Waals surface area (Å²) < 4.78 is 0. The average molecular weight is 454 g/mol. The van der Waals surface area contributed by atoms with Gasteiger partial charge in [-0.2, -0.15) is 0 Å². The van der Waals surface area contributed by atoms with Gasteiger partial charge in [-0.25, -0.2) is 4.98 Å². The average Bonchev–Trinajstić information content (AvgIpc) is 3.20. The molecule has 0 fully saturated rings. The summed E-state index contributed by atoms with van der Waals surface area (Å²) in [6.07, 6.45) is 1.92. The van der Waals surface area contributed by atoms with Gasteiger partial charge in [0.25, 0.3) is 5.91 Å². The van der Waals surface area contributed by atoms with E-state index in [0.29, 0.717) is 17.9 Å². The van der Waals surface area contributed by atoms with Crippen LogP contribution in [-0.4, -0.2) is 59.1 Å². The number of amides is 3. The van der Waals surface area contributed by atoms with Crippen LogP contribution in [0.15, 0.2) is 48.7 Å². The van der Waals surface area contributed by atoms with Crippen molar-refractivity contribution in [2.24, 2.45) is 5.92 Å². The maximum Gasteiger partial charge on any atom is 0.251 e. The number of nitrogens with zero attached hydrogens (tertiary/aromatic N) is 2. The van der Waals surface area contributed by atoms with Crippen molar-refractivity contribution in [3.05, 3.63) is 54.2 Å². The first-order valence-electron chi connectivity index (χ1n) is 11.1. The van der Waals surface area contributed by atoms with E-state index in [9.17, 15) is 14.4 Å². The summed E-state index contributed by atoms with van der Waals surface area (Å²) in [5.41, 5.74) is 1.43. The summed E-state index contributed by atoms with van der Waals surface area (Å²) in [5.74, 6) is -0.863. The normalized spacial score (nSPS) is 16.8. The molecule has 1 aliphatic rings. The van der Waals surface area contributed by atoms with Crippen LogP contribution < -0.4 is 20.9 Å². The molecule has 3 rings (SSSR count). The molecule has 33 heavy (non-hydrogen) atoms. The molecular weight excluding hydrogens is 422 g/mol. The molecule has 0 aliphatic carbocycles. The lowest BCUT2D eigenvalue weighted by atomic mass is 10.0. The number of rotatable bonds is 9. The van der Waals surface area contributed by atoms with E-state index in [1.807, 2.05) is 38.1 Å². The van der Waals surface area contributed by atoms with Crippen molar-refractivity contribution in [1.29, 1.82) is 0 Å². The lowest BCUT2D eigenvalue weighted by Crippen LogP contribution is -2.58. The zero-order valence-corrected chi connectivity index (χ0v) is 19.1. The molecule has 9 heteroatoms. The van der Waals surface area contributed by atoms with Crippen LogP contribution in [0, 0.1) is 5.92 Å². The van der Waals surface area contributed by atoms with E-state index in [4.69, 9.17) is 5.11 Å². The molecule has 1 aromatic heterocycles. The minimum atomic E-state index is -0.851. The van der Waals surface area contributed by atoms with Gasteiger partial charge in [0.1, 0.15) is 17.9 Å². The molecule has 3 atom stereocenters. The Hall–Kier alpha value is -3.30. The first-order chi connectivity index (χ1) is 15.8. The van der Waals surface area contributed by atoms with Crippen LogP contribution in [0.25, 0.3) is 0 Å². The maximum absolute atomic E-state index is 13.7. The SMILES string of the molecule is CC(C)[C@H](NC(=O)[C@H](C)NCCO)C(=O)N1c2ncccc2C[C@H]1C(=O)Nc1ccccc1. The molecule has 2 aromatic rings. The van der Waals surface area contributed by atoms with Gasteiger partial charge in [-0.1, -0.05) is 38.1 Å². The summed E-state index contributed by atoms with van der Waals surface area (Å²) in [5, 5.41) is 17.6. The molecule has 1 aliphatic heterocycles. The molecule has 0 bridgehead atoms. The van der Waals surface area contributed by atoms with Gasteiger partial charge in [-0.3, -0.25) is 19.3 Å². The first-order valence-corrected chi connectivity index (χ1v) is 11.1. The van der Waals surface area contributed by atoms with Crippen molar-refractivity contribution in [3.63, 3.8) is 0 Å². The van der Waals surface area contributed by atoms with Crippen LogP contribution in [0.2, 0.25) is 0 Å². The molecule has 2 heterocycles. The Morgan fingerprint density at radius 3 is 2.52 bits per heavy atom. The Morgan fingerprint density at radius 1 is 1.12 bits per heavy atom. The minimum absolute atomic E-state index is 0.0986. The molecule has 0 radical (unpaired) electrons. The van der Waals surface area contributed by atoms with Gasteiger partial charge < -0.3 is 21.1 Å². The molecule has 176 valence electrons. The molecule has 0 saturated heterocycles. The third kappa shape index (κ3) is 5.74. The second-order valence-corrected chi connectivity index (χ2v) is 8.40. The Balaban J connectivity index is 1.85. The van der Waals surface area contributed by atoms with E-state index in [0.717, 1.165) is 5.56 Å². The fourth-order valence-electron chi connectivity index (χ4n) is 3.78. The summed E-state index contributed by atoms with van der Waals surface area (Å²) in [4.78, 5) is 45.3. The topological polar surface area (TPSA) is 124 Å². The Kier molecular flexibility index (Phi) is 8.13. The molecule has 0 saturated carbocycles. The van der Waals surface area contributed by atoms with Crippen molar-refractivity contribution >= 4 is 29.2 Å².